The first kappa shape index (κ1) is 12.4. The molecule has 0 radical (unpaired) electrons. The third-order valence-electron chi connectivity index (χ3n) is 1.75. The van der Waals surface area contributed by atoms with Crippen LogP contribution in [0.5, 0.6) is 0 Å². The first-order valence-electron chi connectivity index (χ1n) is 4.19. The molecular formula is C9H5Cl2F2NS2. The molecule has 16 heavy (non-hydrogen) atoms. The number of thioether (sulfide) groups is 1. The number of rotatable bonds is 3. The highest BCUT2D eigenvalue weighted by molar-refractivity contribution is 8.02. The van der Waals surface area contributed by atoms with Gasteiger partial charge in [0.25, 0.3) is 0 Å². The topological polar surface area (TPSA) is 12.9 Å². The number of hydrogen-bond acceptors (Lipinski definition) is 3. The largest absolute Gasteiger partial charge is 0.329 e. The second kappa shape index (κ2) is 4.64. The minimum absolute atomic E-state index is 0.262. The molecule has 0 spiro atoms. The first-order chi connectivity index (χ1) is 7.49. The van der Waals surface area contributed by atoms with Crippen LogP contribution in [0.1, 0.15) is 0 Å². The molecule has 1 aromatic heterocycles. The third kappa shape index (κ3) is 2.59. The lowest BCUT2D eigenvalue weighted by atomic mass is 10.3. The zero-order valence-electron chi connectivity index (χ0n) is 7.66. The highest BCUT2D eigenvalue weighted by Crippen LogP contribution is 2.44. The molecule has 7 heteroatoms. The molecule has 0 fully saturated rings. The normalized spacial score (nSPS) is 12.6. The van der Waals surface area contributed by atoms with E-state index in [1.165, 1.54) is 11.3 Å². The van der Waals surface area contributed by atoms with Crippen LogP contribution in [0.2, 0.25) is 0 Å². The van der Waals surface area contributed by atoms with Crippen molar-refractivity contribution in [1.29, 1.82) is 0 Å². The monoisotopic (exact) mass is 299 g/mol. The van der Waals surface area contributed by atoms with Gasteiger partial charge < -0.3 is 0 Å². The molecule has 0 atom stereocenters. The molecule has 0 saturated heterocycles. The van der Waals surface area contributed by atoms with Crippen LogP contribution in [-0.4, -0.2) is 15.1 Å². The van der Waals surface area contributed by atoms with E-state index >= 15 is 0 Å². The Labute approximate surface area is 109 Å². The van der Waals surface area contributed by atoms with Crippen LogP contribution >= 0.6 is 46.3 Å². The van der Waals surface area contributed by atoms with Crippen LogP contribution < -0.4 is 0 Å². The predicted molar refractivity (Wildman–Crippen MR) is 65.9 cm³/mol. The van der Waals surface area contributed by atoms with Gasteiger partial charge in [0, 0.05) is 0 Å². The maximum atomic E-state index is 13.2. The van der Waals surface area contributed by atoms with E-state index in [-0.39, 0.29) is 16.1 Å². The molecule has 86 valence electrons. The van der Waals surface area contributed by atoms with E-state index in [1.54, 1.807) is 12.1 Å². The summed E-state index contributed by atoms with van der Waals surface area (Å²) in [5.74, 6) is 0. The minimum Gasteiger partial charge on any atom is -0.229 e. The number of aromatic nitrogens is 1. The van der Waals surface area contributed by atoms with Crippen molar-refractivity contribution >= 4 is 56.5 Å². The Morgan fingerprint density at radius 1 is 1.31 bits per heavy atom. The molecule has 0 N–H and O–H groups in total. The number of fused-ring (bicyclic) bond motifs is 1. The number of hydrogen-bond donors (Lipinski definition) is 0. The van der Waals surface area contributed by atoms with Crippen LogP contribution in [0, 0.1) is 0 Å². The van der Waals surface area contributed by atoms with E-state index in [1.807, 2.05) is 12.1 Å². The standard InChI is InChI=1S/C9H5Cl2F2NS2/c10-7(11)9(12,13)16-8-14-5-3-1-2-4-6(5)15-8/h1-4,7H. The molecular weight excluding hydrogens is 295 g/mol. The van der Waals surface area contributed by atoms with Gasteiger partial charge in [0.05, 0.1) is 10.2 Å². The number of thiazole rings is 1. The summed E-state index contributed by atoms with van der Waals surface area (Å²) in [6.45, 7) is 0. The van der Waals surface area contributed by atoms with Crippen LogP contribution in [0.4, 0.5) is 8.78 Å². The fourth-order valence-corrected chi connectivity index (χ4v) is 3.26. The SMILES string of the molecule is FC(F)(Sc1nc2ccccc2s1)C(Cl)Cl. The van der Waals surface area contributed by atoms with Gasteiger partial charge in [-0.25, -0.2) is 4.98 Å². The fraction of sp³-hybridized carbons (Fsp3) is 0.222. The molecule has 0 bridgehead atoms. The third-order valence-corrected chi connectivity index (χ3v) is 4.66. The summed E-state index contributed by atoms with van der Waals surface area (Å²) < 4.78 is 27.6. The van der Waals surface area contributed by atoms with Gasteiger partial charge in [-0.15, -0.1) is 11.3 Å². The predicted octanol–water partition coefficient (Wildman–Crippen LogP) is 4.78. The van der Waals surface area contributed by atoms with Gasteiger partial charge in [-0.05, 0) is 23.9 Å². The average Bonchev–Trinajstić information content (AvgIpc) is 2.58. The maximum Gasteiger partial charge on any atom is 0.329 e. The molecule has 0 aliphatic carbocycles. The molecule has 1 nitrogen and oxygen atoms in total. The first-order valence-corrected chi connectivity index (χ1v) is 6.70. The minimum atomic E-state index is -3.23. The van der Waals surface area contributed by atoms with Crippen molar-refractivity contribution in [2.45, 2.75) is 14.4 Å². The molecule has 0 aliphatic rings. The molecule has 2 rings (SSSR count). The highest BCUT2D eigenvalue weighted by atomic mass is 35.5. The molecule has 0 amide bonds. The molecule has 0 unspecified atom stereocenters. The van der Waals surface area contributed by atoms with Crippen molar-refractivity contribution in [3.05, 3.63) is 24.3 Å². The summed E-state index contributed by atoms with van der Waals surface area (Å²) >= 11 is 11.9. The molecule has 0 aliphatic heterocycles. The number of nitrogens with zero attached hydrogens (tertiary/aromatic N) is 1. The molecule has 0 saturated carbocycles. The van der Waals surface area contributed by atoms with Gasteiger partial charge in [0.2, 0.25) is 0 Å². The quantitative estimate of drug-likeness (QED) is 0.597. The molecule has 1 heterocycles. The maximum absolute atomic E-state index is 13.2. The lowest BCUT2D eigenvalue weighted by molar-refractivity contribution is 0.122. The number of benzene rings is 1. The Bertz CT molecular complexity index is 468. The molecule has 1 aromatic carbocycles. The summed E-state index contributed by atoms with van der Waals surface area (Å²) in [5, 5.41) is -3.23. The van der Waals surface area contributed by atoms with Crippen LogP contribution in [0.25, 0.3) is 10.2 Å². The Kier molecular flexibility index (Phi) is 3.59. The summed E-state index contributed by atoms with van der Waals surface area (Å²) in [6.07, 6.45) is 0. The Morgan fingerprint density at radius 2 is 2.00 bits per heavy atom. The van der Waals surface area contributed by atoms with E-state index < -0.39 is 10.1 Å². The van der Waals surface area contributed by atoms with Crippen molar-refractivity contribution in [2.24, 2.45) is 0 Å². The van der Waals surface area contributed by atoms with E-state index in [0.29, 0.717) is 5.52 Å². The number of para-hydroxylation sites is 1. The van der Waals surface area contributed by atoms with Crippen molar-refractivity contribution < 1.29 is 8.78 Å². The van der Waals surface area contributed by atoms with Crippen molar-refractivity contribution in [3.63, 3.8) is 0 Å². The smallest absolute Gasteiger partial charge is 0.229 e. The van der Waals surface area contributed by atoms with Crippen LogP contribution in [-0.2, 0) is 0 Å². The second-order valence-electron chi connectivity index (χ2n) is 2.91. The van der Waals surface area contributed by atoms with E-state index in [2.05, 4.69) is 4.98 Å². The Hall–Kier alpha value is -0.100. The highest BCUT2D eigenvalue weighted by Gasteiger charge is 2.39. The fourth-order valence-electron chi connectivity index (χ4n) is 1.06. The second-order valence-corrected chi connectivity index (χ2v) is 6.43. The zero-order valence-corrected chi connectivity index (χ0v) is 10.8. The van der Waals surface area contributed by atoms with Gasteiger partial charge in [0.1, 0.15) is 0 Å². The lowest BCUT2D eigenvalue weighted by Crippen LogP contribution is -2.19. The van der Waals surface area contributed by atoms with Crippen molar-refractivity contribution in [3.8, 4) is 0 Å². The Morgan fingerprint density at radius 3 is 2.62 bits per heavy atom. The van der Waals surface area contributed by atoms with Crippen LogP contribution in [0.3, 0.4) is 0 Å². The summed E-state index contributed by atoms with van der Waals surface area (Å²) in [7, 11) is 0. The van der Waals surface area contributed by atoms with Gasteiger partial charge >= 0.3 is 5.25 Å². The lowest BCUT2D eigenvalue weighted by Gasteiger charge is -2.13. The summed E-state index contributed by atoms with van der Waals surface area (Å²) in [6, 6.07) is 7.24. The number of halogens is 4. The van der Waals surface area contributed by atoms with Crippen molar-refractivity contribution in [1.82, 2.24) is 4.98 Å². The Balaban J connectivity index is 2.28. The molecule has 2 aromatic rings. The van der Waals surface area contributed by atoms with Gasteiger partial charge in [0.15, 0.2) is 9.18 Å². The number of alkyl halides is 4. The van der Waals surface area contributed by atoms with E-state index in [4.69, 9.17) is 23.2 Å². The van der Waals surface area contributed by atoms with Crippen molar-refractivity contribution in [2.75, 3.05) is 0 Å². The summed E-state index contributed by atoms with van der Waals surface area (Å²) in [5.41, 5.74) is 0.700. The van der Waals surface area contributed by atoms with E-state index in [9.17, 15) is 8.78 Å². The van der Waals surface area contributed by atoms with Gasteiger partial charge in [-0.1, -0.05) is 35.3 Å². The van der Waals surface area contributed by atoms with Gasteiger partial charge in [-0.2, -0.15) is 8.78 Å². The van der Waals surface area contributed by atoms with Crippen LogP contribution in [0.15, 0.2) is 28.6 Å². The average molecular weight is 300 g/mol. The van der Waals surface area contributed by atoms with E-state index in [0.717, 1.165) is 4.70 Å². The van der Waals surface area contributed by atoms with Gasteiger partial charge in [-0.3, -0.25) is 0 Å². The zero-order chi connectivity index (χ0) is 11.8. The summed E-state index contributed by atoms with van der Waals surface area (Å²) in [4.78, 5) is 2.32.